The van der Waals surface area contributed by atoms with Crippen LogP contribution in [0.25, 0.3) is 0 Å². The molecular weight excluding hydrogens is 277 g/mol. The molecular formula is C18H30FN3+2. The predicted octanol–water partition coefficient (Wildman–Crippen LogP) is -0.583. The molecule has 0 radical (unpaired) electrons. The van der Waals surface area contributed by atoms with Gasteiger partial charge in [0, 0.05) is 25.3 Å². The van der Waals surface area contributed by atoms with Gasteiger partial charge < -0.3 is 9.80 Å². The number of piperazine rings is 1. The summed E-state index contributed by atoms with van der Waals surface area (Å²) in [6.07, 6.45) is 2.55. The molecule has 2 heterocycles. The Bertz CT molecular complexity index is 476. The standard InChI is InChI=1S/C18H28FN3/c1-20-11-12-21(2)18(14-20)8-10-22-9-7-16(13-22)15-3-5-17(19)6-4-15/h3-6,16,18H,7-14H2,1-2H3/p+2. The van der Waals surface area contributed by atoms with E-state index in [2.05, 4.69) is 19.0 Å². The van der Waals surface area contributed by atoms with E-state index in [-0.39, 0.29) is 5.82 Å². The van der Waals surface area contributed by atoms with Crippen LogP contribution < -0.4 is 9.80 Å². The molecule has 1 aromatic rings. The first-order valence-corrected chi connectivity index (χ1v) is 8.72. The number of rotatable bonds is 4. The minimum absolute atomic E-state index is 0.127. The highest BCUT2D eigenvalue weighted by molar-refractivity contribution is 5.20. The molecule has 22 heavy (non-hydrogen) atoms. The summed E-state index contributed by atoms with van der Waals surface area (Å²) in [4.78, 5) is 5.94. The van der Waals surface area contributed by atoms with Gasteiger partial charge in [0.05, 0.1) is 45.8 Å². The molecule has 2 N–H and O–H groups in total. The number of hydrogen-bond acceptors (Lipinski definition) is 1. The van der Waals surface area contributed by atoms with Crippen molar-refractivity contribution in [1.29, 1.82) is 0 Å². The van der Waals surface area contributed by atoms with Crippen LogP contribution in [0, 0.1) is 5.82 Å². The number of hydrogen-bond donors (Lipinski definition) is 2. The van der Waals surface area contributed by atoms with Crippen LogP contribution in [0.15, 0.2) is 24.3 Å². The van der Waals surface area contributed by atoms with E-state index in [0.29, 0.717) is 5.92 Å². The van der Waals surface area contributed by atoms with Crippen molar-refractivity contribution in [2.24, 2.45) is 0 Å². The lowest BCUT2D eigenvalue weighted by Gasteiger charge is -2.35. The number of likely N-dealkylation sites (N-methyl/N-ethyl adjacent to an activating group) is 2. The molecule has 4 atom stereocenters. The van der Waals surface area contributed by atoms with Gasteiger partial charge in [-0.15, -0.1) is 0 Å². The number of quaternary nitrogens is 2. The van der Waals surface area contributed by atoms with E-state index >= 15 is 0 Å². The summed E-state index contributed by atoms with van der Waals surface area (Å²) in [5.41, 5.74) is 1.32. The van der Waals surface area contributed by atoms with E-state index in [1.807, 2.05) is 12.1 Å². The smallest absolute Gasteiger partial charge is 0.123 e. The zero-order valence-electron chi connectivity index (χ0n) is 13.9. The first-order chi connectivity index (χ1) is 10.6. The maximum Gasteiger partial charge on any atom is 0.123 e. The Morgan fingerprint density at radius 3 is 2.73 bits per heavy atom. The number of nitrogens with zero attached hydrogens (tertiary/aromatic N) is 1. The molecule has 0 aliphatic carbocycles. The topological polar surface area (TPSA) is 12.1 Å². The second-order valence-electron chi connectivity index (χ2n) is 7.33. The van der Waals surface area contributed by atoms with Crippen molar-refractivity contribution in [1.82, 2.24) is 4.90 Å². The molecule has 0 aromatic heterocycles. The fourth-order valence-electron chi connectivity index (χ4n) is 4.08. The zero-order valence-corrected chi connectivity index (χ0v) is 13.9. The number of likely N-dealkylation sites (tertiary alicyclic amines) is 1. The lowest BCUT2D eigenvalue weighted by molar-refractivity contribution is -0.896. The summed E-state index contributed by atoms with van der Waals surface area (Å²) in [7, 11) is 4.59. The highest BCUT2D eigenvalue weighted by Gasteiger charge is 2.30. The Balaban J connectivity index is 1.47. The molecule has 4 heteroatoms. The van der Waals surface area contributed by atoms with Crippen molar-refractivity contribution < 1.29 is 14.2 Å². The van der Waals surface area contributed by atoms with Gasteiger partial charge in [-0.1, -0.05) is 12.1 Å². The third kappa shape index (κ3) is 3.86. The Kier molecular flexibility index (Phi) is 5.11. The monoisotopic (exact) mass is 307 g/mol. The second kappa shape index (κ2) is 7.07. The summed E-state index contributed by atoms with van der Waals surface area (Å²) in [6.45, 7) is 7.54. The summed E-state index contributed by atoms with van der Waals surface area (Å²) in [5.74, 6) is 0.492. The van der Waals surface area contributed by atoms with Crippen molar-refractivity contribution in [2.45, 2.75) is 24.8 Å². The highest BCUT2D eigenvalue weighted by Crippen LogP contribution is 2.20. The maximum atomic E-state index is 13.0. The van der Waals surface area contributed by atoms with Crippen molar-refractivity contribution >= 4 is 0 Å². The highest BCUT2D eigenvalue weighted by atomic mass is 19.1. The minimum atomic E-state index is -0.127. The van der Waals surface area contributed by atoms with Crippen LogP contribution in [-0.2, 0) is 0 Å². The molecule has 0 amide bonds. The molecule has 0 saturated carbocycles. The van der Waals surface area contributed by atoms with Crippen molar-refractivity contribution in [3.63, 3.8) is 0 Å². The second-order valence-corrected chi connectivity index (χ2v) is 7.33. The van der Waals surface area contributed by atoms with Gasteiger partial charge >= 0.3 is 0 Å². The number of benzene rings is 1. The van der Waals surface area contributed by atoms with Gasteiger partial charge in [-0.25, -0.2) is 4.39 Å². The SMILES string of the molecule is CN1CC[NH+](C)CC1CC[NH+]1CCC(c2ccc(F)cc2)C1. The summed E-state index contributed by atoms with van der Waals surface area (Å²) in [5, 5.41) is 0. The van der Waals surface area contributed by atoms with Gasteiger partial charge in [0.15, 0.2) is 0 Å². The molecule has 122 valence electrons. The quantitative estimate of drug-likeness (QED) is 0.758. The molecule has 2 fully saturated rings. The molecule has 1 aromatic carbocycles. The first-order valence-electron chi connectivity index (χ1n) is 8.72. The Morgan fingerprint density at radius 2 is 1.95 bits per heavy atom. The van der Waals surface area contributed by atoms with Crippen LogP contribution in [0.4, 0.5) is 4.39 Å². The van der Waals surface area contributed by atoms with E-state index in [1.165, 1.54) is 57.7 Å². The fraction of sp³-hybridized carbons (Fsp3) is 0.667. The lowest BCUT2D eigenvalue weighted by Crippen LogP contribution is -3.13. The van der Waals surface area contributed by atoms with Crippen molar-refractivity contribution in [3.05, 3.63) is 35.6 Å². The van der Waals surface area contributed by atoms with E-state index in [4.69, 9.17) is 0 Å². The average Bonchev–Trinajstić information content (AvgIpc) is 2.98. The third-order valence-corrected chi connectivity index (χ3v) is 5.65. The third-order valence-electron chi connectivity index (χ3n) is 5.65. The number of halogens is 1. The van der Waals surface area contributed by atoms with Crippen LogP contribution in [0.5, 0.6) is 0 Å². The number of nitrogens with one attached hydrogen (secondary N) is 2. The Morgan fingerprint density at radius 1 is 1.18 bits per heavy atom. The molecule has 0 spiro atoms. The van der Waals surface area contributed by atoms with E-state index in [1.54, 1.807) is 21.9 Å². The normalized spacial score (nSPS) is 33.2. The van der Waals surface area contributed by atoms with E-state index in [0.717, 1.165) is 6.04 Å². The molecule has 3 rings (SSSR count). The Hall–Kier alpha value is -0.970. The summed E-state index contributed by atoms with van der Waals surface area (Å²) >= 11 is 0. The zero-order chi connectivity index (χ0) is 15.5. The van der Waals surface area contributed by atoms with E-state index in [9.17, 15) is 4.39 Å². The predicted molar refractivity (Wildman–Crippen MR) is 87.0 cm³/mol. The van der Waals surface area contributed by atoms with Crippen LogP contribution in [0.2, 0.25) is 0 Å². The lowest BCUT2D eigenvalue weighted by atomic mass is 9.99. The summed E-state index contributed by atoms with van der Waals surface area (Å²) in [6, 6.07) is 7.88. The van der Waals surface area contributed by atoms with Gasteiger partial charge in [0.2, 0.25) is 0 Å². The van der Waals surface area contributed by atoms with Gasteiger partial charge in [0.25, 0.3) is 0 Å². The minimum Gasteiger partial charge on any atom is -0.335 e. The largest absolute Gasteiger partial charge is 0.335 e. The van der Waals surface area contributed by atoms with Crippen LogP contribution in [0.1, 0.15) is 24.3 Å². The average molecular weight is 307 g/mol. The van der Waals surface area contributed by atoms with Crippen LogP contribution >= 0.6 is 0 Å². The molecule has 2 aliphatic rings. The Labute approximate surface area is 133 Å². The fourth-order valence-corrected chi connectivity index (χ4v) is 4.08. The summed E-state index contributed by atoms with van der Waals surface area (Å²) < 4.78 is 13.0. The van der Waals surface area contributed by atoms with Gasteiger partial charge in [0.1, 0.15) is 5.82 Å². The van der Waals surface area contributed by atoms with Crippen molar-refractivity contribution in [2.75, 3.05) is 53.4 Å². The molecule has 2 saturated heterocycles. The van der Waals surface area contributed by atoms with Crippen LogP contribution in [-0.4, -0.2) is 64.3 Å². The van der Waals surface area contributed by atoms with Gasteiger partial charge in [-0.2, -0.15) is 0 Å². The van der Waals surface area contributed by atoms with E-state index < -0.39 is 0 Å². The van der Waals surface area contributed by atoms with Gasteiger partial charge in [-0.05, 0) is 24.7 Å². The van der Waals surface area contributed by atoms with Crippen LogP contribution in [0.3, 0.4) is 0 Å². The van der Waals surface area contributed by atoms with Gasteiger partial charge in [-0.3, -0.25) is 4.90 Å². The first kappa shape index (κ1) is 15.9. The van der Waals surface area contributed by atoms with Crippen molar-refractivity contribution in [3.8, 4) is 0 Å². The molecule has 3 nitrogen and oxygen atoms in total. The molecule has 0 bridgehead atoms. The maximum absolute atomic E-state index is 13.0. The molecule has 2 aliphatic heterocycles. The molecule has 4 unspecified atom stereocenters.